The number of aryl methyl sites for hydroxylation is 1. The van der Waals surface area contributed by atoms with E-state index in [1.54, 1.807) is 6.07 Å². The van der Waals surface area contributed by atoms with Crippen LogP contribution >= 0.6 is 0 Å². The van der Waals surface area contributed by atoms with Gasteiger partial charge < -0.3 is 0 Å². The lowest BCUT2D eigenvalue weighted by atomic mass is 10.1. The number of hydrogen-bond donors (Lipinski definition) is 0. The predicted octanol–water partition coefficient (Wildman–Crippen LogP) is 3.00. The molecule has 106 valence electrons. The number of carbonyl (C=O) groups excluding carboxylic acids is 2. The van der Waals surface area contributed by atoms with E-state index in [2.05, 4.69) is 0 Å². The molecule has 1 heterocycles. The predicted molar refractivity (Wildman–Crippen MR) is 73.1 cm³/mol. The topological polar surface area (TPSA) is 37.4 Å². The third kappa shape index (κ3) is 2.20. The Bertz CT molecular complexity index is 771. The quantitative estimate of drug-likeness (QED) is 0.796. The van der Waals surface area contributed by atoms with E-state index >= 15 is 0 Å². The van der Waals surface area contributed by atoms with E-state index in [0.717, 1.165) is 22.1 Å². The molecule has 5 heteroatoms. The molecule has 1 amide bonds. The average Bonchev–Trinajstić information content (AvgIpc) is 2.64. The van der Waals surface area contributed by atoms with Gasteiger partial charge >= 0.3 is 0 Å². The molecule has 0 fully saturated rings. The smallest absolute Gasteiger partial charge is 0.298 e. The van der Waals surface area contributed by atoms with Crippen molar-refractivity contribution in [1.82, 2.24) is 0 Å². The normalized spacial score (nSPS) is 13.8. The number of anilines is 1. The van der Waals surface area contributed by atoms with Gasteiger partial charge in [0.1, 0.15) is 5.82 Å². The Morgan fingerprint density at radius 2 is 1.86 bits per heavy atom. The highest BCUT2D eigenvalue weighted by molar-refractivity contribution is 6.52. The summed E-state index contributed by atoms with van der Waals surface area (Å²) in [5.74, 6) is -3.49. The second kappa shape index (κ2) is 4.77. The fraction of sp³-hybridized carbons (Fsp3) is 0.125. The lowest BCUT2D eigenvalue weighted by Crippen LogP contribution is -2.29. The summed E-state index contributed by atoms with van der Waals surface area (Å²) in [6.07, 6.45) is 0. The van der Waals surface area contributed by atoms with Crippen LogP contribution in [0.25, 0.3) is 0 Å². The van der Waals surface area contributed by atoms with Crippen molar-refractivity contribution in [3.8, 4) is 0 Å². The van der Waals surface area contributed by atoms with E-state index in [0.29, 0.717) is 6.07 Å². The Morgan fingerprint density at radius 3 is 2.57 bits per heavy atom. The molecule has 0 spiro atoms. The zero-order valence-electron chi connectivity index (χ0n) is 11.2. The van der Waals surface area contributed by atoms with E-state index in [1.165, 1.54) is 0 Å². The van der Waals surface area contributed by atoms with E-state index in [1.807, 2.05) is 25.1 Å². The fourth-order valence-corrected chi connectivity index (χ4v) is 2.50. The van der Waals surface area contributed by atoms with Gasteiger partial charge in [0.25, 0.3) is 11.7 Å². The van der Waals surface area contributed by atoms with Gasteiger partial charge in [0.05, 0.1) is 17.8 Å². The van der Waals surface area contributed by atoms with Gasteiger partial charge in [0.15, 0.2) is 5.82 Å². The van der Waals surface area contributed by atoms with Gasteiger partial charge in [0.2, 0.25) is 0 Å². The standard InChI is InChI=1S/C16H11F2NO2/c1-9-3-2-4-10(5-9)8-19-14-12(15(20)16(19)21)6-11(17)7-13(14)18/h2-7H,8H2,1H3. The Hall–Kier alpha value is -2.56. The third-order valence-electron chi connectivity index (χ3n) is 3.41. The largest absolute Gasteiger partial charge is 0.299 e. The van der Waals surface area contributed by atoms with Gasteiger partial charge in [-0.25, -0.2) is 8.78 Å². The van der Waals surface area contributed by atoms with Crippen molar-refractivity contribution in [2.75, 3.05) is 4.90 Å². The van der Waals surface area contributed by atoms with Crippen molar-refractivity contribution < 1.29 is 18.4 Å². The molecule has 0 bridgehead atoms. The van der Waals surface area contributed by atoms with Gasteiger partial charge in [-0.05, 0) is 18.6 Å². The minimum Gasteiger partial charge on any atom is -0.298 e. The van der Waals surface area contributed by atoms with Crippen LogP contribution in [0.4, 0.5) is 14.5 Å². The SMILES string of the molecule is Cc1cccc(CN2C(=O)C(=O)c3cc(F)cc(F)c32)c1. The van der Waals surface area contributed by atoms with Crippen LogP contribution in [0.1, 0.15) is 21.5 Å². The summed E-state index contributed by atoms with van der Waals surface area (Å²) in [5, 5.41) is 0. The lowest BCUT2D eigenvalue weighted by Gasteiger charge is -2.17. The van der Waals surface area contributed by atoms with Crippen LogP contribution in [0, 0.1) is 18.6 Å². The molecular weight excluding hydrogens is 276 g/mol. The monoisotopic (exact) mass is 287 g/mol. The summed E-state index contributed by atoms with van der Waals surface area (Å²) in [6.45, 7) is 1.96. The van der Waals surface area contributed by atoms with Crippen LogP contribution in [0.5, 0.6) is 0 Å². The number of ketones is 1. The third-order valence-corrected chi connectivity index (χ3v) is 3.41. The molecule has 2 aromatic carbocycles. The van der Waals surface area contributed by atoms with E-state index in [9.17, 15) is 18.4 Å². The number of fused-ring (bicyclic) bond motifs is 1. The number of rotatable bonds is 2. The molecular formula is C16H11F2NO2. The van der Waals surface area contributed by atoms with Crippen LogP contribution in [-0.4, -0.2) is 11.7 Å². The van der Waals surface area contributed by atoms with Crippen LogP contribution < -0.4 is 4.90 Å². The Balaban J connectivity index is 2.05. The lowest BCUT2D eigenvalue weighted by molar-refractivity contribution is -0.114. The summed E-state index contributed by atoms with van der Waals surface area (Å²) in [5.41, 5.74) is 1.40. The van der Waals surface area contributed by atoms with Gasteiger partial charge in [-0.3, -0.25) is 14.5 Å². The first-order valence-electron chi connectivity index (χ1n) is 6.38. The molecule has 1 aliphatic rings. The summed E-state index contributed by atoms with van der Waals surface area (Å²) >= 11 is 0. The first-order valence-corrected chi connectivity index (χ1v) is 6.38. The van der Waals surface area contributed by atoms with E-state index in [-0.39, 0.29) is 17.8 Å². The maximum atomic E-state index is 13.9. The Morgan fingerprint density at radius 1 is 1.10 bits per heavy atom. The van der Waals surface area contributed by atoms with Crippen molar-refractivity contribution in [2.45, 2.75) is 13.5 Å². The average molecular weight is 287 g/mol. The van der Waals surface area contributed by atoms with Crippen molar-refractivity contribution in [3.05, 3.63) is 64.7 Å². The molecule has 0 aliphatic carbocycles. The van der Waals surface area contributed by atoms with Crippen LogP contribution in [0.3, 0.4) is 0 Å². The molecule has 0 saturated heterocycles. The number of halogens is 2. The first-order chi connectivity index (χ1) is 9.97. The van der Waals surface area contributed by atoms with E-state index < -0.39 is 23.3 Å². The molecule has 0 atom stereocenters. The minimum atomic E-state index is -0.906. The summed E-state index contributed by atoms with van der Waals surface area (Å²) in [6, 6.07) is 8.91. The molecule has 0 saturated carbocycles. The Labute approximate surface area is 119 Å². The number of amides is 1. The van der Waals surface area contributed by atoms with Gasteiger partial charge in [-0.1, -0.05) is 29.8 Å². The van der Waals surface area contributed by atoms with Crippen LogP contribution in [0.2, 0.25) is 0 Å². The molecule has 0 radical (unpaired) electrons. The summed E-state index contributed by atoms with van der Waals surface area (Å²) in [4.78, 5) is 24.9. The second-order valence-corrected chi connectivity index (χ2v) is 4.99. The molecule has 0 unspecified atom stereocenters. The molecule has 21 heavy (non-hydrogen) atoms. The molecule has 1 aliphatic heterocycles. The minimum absolute atomic E-state index is 0.0712. The maximum absolute atomic E-state index is 13.9. The summed E-state index contributed by atoms with van der Waals surface area (Å²) in [7, 11) is 0. The molecule has 3 rings (SSSR count). The number of benzene rings is 2. The number of nitrogens with zero attached hydrogens (tertiary/aromatic N) is 1. The number of hydrogen-bond acceptors (Lipinski definition) is 2. The highest BCUT2D eigenvalue weighted by Gasteiger charge is 2.38. The van der Waals surface area contributed by atoms with Gasteiger partial charge in [0, 0.05) is 6.07 Å². The van der Waals surface area contributed by atoms with Crippen molar-refractivity contribution >= 4 is 17.4 Å². The van der Waals surface area contributed by atoms with Gasteiger partial charge in [-0.2, -0.15) is 0 Å². The highest BCUT2D eigenvalue weighted by atomic mass is 19.1. The molecule has 2 aromatic rings. The second-order valence-electron chi connectivity index (χ2n) is 4.99. The molecule has 0 aromatic heterocycles. The summed E-state index contributed by atoms with van der Waals surface area (Å²) < 4.78 is 27.2. The van der Waals surface area contributed by atoms with Crippen molar-refractivity contribution in [2.24, 2.45) is 0 Å². The number of carbonyl (C=O) groups is 2. The highest BCUT2D eigenvalue weighted by Crippen LogP contribution is 2.33. The first kappa shape index (κ1) is 13.4. The number of Topliss-reactive ketones (excluding diaryl/α,β-unsaturated/α-hetero) is 1. The zero-order valence-corrected chi connectivity index (χ0v) is 11.2. The zero-order chi connectivity index (χ0) is 15.1. The Kier molecular flexibility index (Phi) is 3.05. The van der Waals surface area contributed by atoms with Crippen molar-refractivity contribution in [3.63, 3.8) is 0 Å². The van der Waals surface area contributed by atoms with Gasteiger partial charge in [-0.15, -0.1) is 0 Å². The van der Waals surface area contributed by atoms with E-state index in [4.69, 9.17) is 0 Å². The molecule has 0 N–H and O–H groups in total. The van der Waals surface area contributed by atoms with Crippen LogP contribution in [0.15, 0.2) is 36.4 Å². The maximum Gasteiger partial charge on any atom is 0.299 e. The fourth-order valence-electron chi connectivity index (χ4n) is 2.50. The molecule has 3 nitrogen and oxygen atoms in total. The van der Waals surface area contributed by atoms with Crippen molar-refractivity contribution in [1.29, 1.82) is 0 Å². The van der Waals surface area contributed by atoms with Crippen LogP contribution in [-0.2, 0) is 11.3 Å².